The van der Waals surface area contributed by atoms with Crippen molar-refractivity contribution >= 4 is 33.0 Å². The molecule has 0 radical (unpaired) electrons. The zero-order valence-electron chi connectivity index (χ0n) is 12.5. The predicted molar refractivity (Wildman–Crippen MR) is 92.1 cm³/mol. The van der Waals surface area contributed by atoms with Gasteiger partial charge in [0.1, 0.15) is 4.21 Å². The number of hydrogen-bond donors (Lipinski definition) is 1. The van der Waals surface area contributed by atoms with Gasteiger partial charge in [0, 0.05) is 12.6 Å². The molecular formula is C15H19ClN2O2S2. The Morgan fingerprint density at radius 3 is 2.41 bits per heavy atom. The van der Waals surface area contributed by atoms with Crippen LogP contribution in [-0.2, 0) is 16.4 Å². The normalized spacial score (nSPS) is 13.5. The molecule has 1 aromatic carbocycles. The fourth-order valence-electron chi connectivity index (χ4n) is 2.04. The maximum Gasteiger partial charge on any atom is 0.250 e. The van der Waals surface area contributed by atoms with E-state index in [1.807, 2.05) is 49.3 Å². The number of likely N-dealkylation sites (N-methyl/N-ethyl adjacent to an activating group) is 1. The van der Waals surface area contributed by atoms with Crippen molar-refractivity contribution in [2.75, 3.05) is 20.6 Å². The summed E-state index contributed by atoms with van der Waals surface area (Å²) in [5, 5.41) is 0. The van der Waals surface area contributed by atoms with Crippen molar-refractivity contribution in [3.8, 4) is 0 Å². The van der Waals surface area contributed by atoms with Gasteiger partial charge in [-0.25, -0.2) is 13.1 Å². The standard InChI is InChI=1S/C15H19ClN2O2S2/c1-18(2)13(10-12-6-4-3-5-7-12)11-17-22(19,20)15-9-8-14(16)21-15/h3-9,13,17H,10-11H2,1-2H3. The lowest BCUT2D eigenvalue weighted by Gasteiger charge is -2.24. The fraction of sp³-hybridized carbons (Fsp3) is 0.333. The number of hydrogen-bond acceptors (Lipinski definition) is 4. The second-order valence-corrected chi connectivity index (χ2v) is 8.93. The third-order valence-corrected chi connectivity index (χ3v) is 6.51. The molecule has 1 N–H and O–H groups in total. The Kier molecular flexibility index (Phi) is 6.00. The van der Waals surface area contributed by atoms with Gasteiger partial charge >= 0.3 is 0 Å². The van der Waals surface area contributed by atoms with Crippen molar-refractivity contribution in [2.24, 2.45) is 0 Å². The van der Waals surface area contributed by atoms with E-state index in [4.69, 9.17) is 11.6 Å². The molecule has 1 atom stereocenters. The van der Waals surface area contributed by atoms with Gasteiger partial charge in [-0.2, -0.15) is 0 Å². The molecule has 0 aliphatic carbocycles. The second kappa shape index (κ2) is 7.57. The van der Waals surface area contributed by atoms with Gasteiger partial charge < -0.3 is 4.90 Å². The van der Waals surface area contributed by atoms with Crippen molar-refractivity contribution < 1.29 is 8.42 Å². The molecule has 0 saturated heterocycles. The minimum absolute atomic E-state index is 0.0765. The minimum Gasteiger partial charge on any atom is -0.305 e. The molecule has 0 amide bonds. The van der Waals surface area contributed by atoms with Crippen LogP contribution in [0.3, 0.4) is 0 Å². The maximum atomic E-state index is 12.2. The average Bonchev–Trinajstić information content (AvgIpc) is 2.92. The summed E-state index contributed by atoms with van der Waals surface area (Å²) in [5.74, 6) is 0. The Balaban J connectivity index is 2.03. The summed E-state index contributed by atoms with van der Waals surface area (Å²) in [6, 6.07) is 13.2. The molecule has 22 heavy (non-hydrogen) atoms. The molecular weight excluding hydrogens is 340 g/mol. The van der Waals surface area contributed by atoms with E-state index in [0.29, 0.717) is 10.9 Å². The minimum atomic E-state index is -3.50. The summed E-state index contributed by atoms with van der Waals surface area (Å²) in [6.07, 6.45) is 0.779. The van der Waals surface area contributed by atoms with E-state index in [2.05, 4.69) is 4.72 Å². The molecule has 1 heterocycles. The van der Waals surface area contributed by atoms with Crippen molar-refractivity contribution in [2.45, 2.75) is 16.7 Å². The predicted octanol–water partition coefficient (Wildman–Crippen LogP) is 2.85. The van der Waals surface area contributed by atoms with Crippen LogP contribution >= 0.6 is 22.9 Å². The van der Waals surface area contributed by atoms with Crippen LogP contribution in [0.2, 0.25) is 4.34 Å². The van der Waals surface area contributed by atoms with E-state index >= 15 is 0 Å². The first-order valence-electron chi connectivity index (χ1n) is 6.84. The summed E-state index contributed by atoms with van der Waals surface area (Å²) < 4.78 is 27.9. The van der Waals surface area contributed by atoms with Gasteiger partial charge in [0.2, 0.25) is 10.0 Å². The lowest BCUT2D eigenvalue weighted by molar-refractivity contribution is 0.291. The highest BCUT2D eigenvalue weighted by atomic mass is 35.5. The van der Waals surface area contributed by atoms with Crippen LogP contribution in [0, 0.1) is 0 Å². The summed E-state index contributed by atoms with van der Waals surface area (Å²) in [4.78, 5) is 2.02. The highest BCUT2D eigenvalue weighted by molar-refractivity contribution is 7.91. The molecule has 7 heteroatoms. The van der Waals surface area contributed by atoms with Gasteiger partial charge in [-0.3, -0.25) is 0 Å². The number of thiophene rings is 1. The lowest BCUT2D eigenvalue weighted by Crippen LogP contribution is -2.41. The molecule has 0 aliphatic heterocycles. The molecule has 2 aromatic rings. The van der Waals surface area contributed by atoms with Crippen molar-refractivity contribution in [3.63, 3.8) is 0 Å². The van der Waals surface area contributed by atoms with Crippen LogP contribution in [0.4, 0.5) is 0 Å². The summed E-state index contributed by atoms with van der Waals surface area (Å²) in [6.45, 7) is 0.347. The zero-order valence-corrected chi connectivity index (χ0v) is 14.9. The molecule has 120 valence electrons. The maximum absolute atomic E-state index is 12.2. The number of rotatable bonds is 7. The van der Waals surface area contributed by atoms with Gasteiger partial charge in [-0.05, 0) is 38.2 Å². The number of nitrogens with zero attached hydrogens (tertiary/aromatic N) is 1. The number of sulfonamides is 1. The Morgan fingerprint density at radius 2 is 1.86 bits per heavy atom. The van der Waals surface area contributed by atoms with E-state index in [1.165, 1.54) is 11.6 Å². The number of halogens is 1. The van der Waals surface area contributed by atoms with Gasteiger partial charge in [-0.1, -0.05) is 41.9 Å². The van der Waals surface area contributed by atoms with E-state index in [1.54, 1.807) is 6.07 Å². The summed E-state index contributed by atoms with van der Waals surface area (Å²) in [5.41, 5.74) is 1.18. The van der Waals surface area contributed by atoms with Crippen LogP contribution in [0.25, 0.3) is 0 Å². The van der Waals surface area contributed by atoms with Gasteiger partial charge in [0.25, 0.3) is 0 Å². The Hall–Kier alpha value is -0.920. The Bertz CT molecular complexity index is 699. The van der Waals surface area contributed by atoms with Gasteiger partial charge in [-0.15, -0.1) is 11.3 Å². The quantitative estimate of drug-likeness (QED) is 0.828. The molecule has 1 aromatic heterocycles. The van der Waals surface area contributed by atoms with E-state index in [9.17, 15) is 8.42 Å². The molecule has 0 bridgehead atoms. The highest BCUT2D eigenvalue weighted by Gasteiger charge is 2.20. The Labute approximate surface area is 140 Å². The highest BCUT2D eigenvalue weighted by Crippen LogP contribution is 2.25. The smallest absolute Gasteiger partial charge is 0.250 e. The van der Waals surface area contributed by atoms with E-state index in [-0.39, 0.29) is 10.3 Å². The van der Waals surface area contributed by atoms with Gasteiger partial charge in [0.05, 0.1) is 4.34 Å². The molecule has 0 aliphatic rings. The Morgan fingerprint density at radius 1 is 1.18 bits per heavy atom. The monoisotopic (exact) mass is 358 g/mol. The molecule has 4 nitrogen and oxygen atoms in total. The molecule has 0 saturated carbocycles. The zero-order chi connectivity index (χ0) is 16.2. The van der Waals surface area contributed by atoms with Crippen molar-refractivity contribution in [1.29, 1.82) is 0 Å². The number of nitrogens with one attached hydrogen (secondary N) is 1. The summed E-state index contributed by atoms with van der Waals surface area (Å²) in [7, 11) is 0.394. The third-order valence-electron chi connectivity index (χ3n) is 3.37. The number of benzene rings is 1. The summed E-state index contributed by atoms with van der Waals surface area (Å²) >= 11 is 6.87. The fourth-order valence-corrected chi connectivity index (χ4v) is 4.64. The molecule has 0 fully saturated rings. The van der Waals surface area contributed by atoms with Crippen molar-refractivity contribution in [3.05, 3.63) is 52.4 Å². The molecule has 1 unspecified atom stereocenters. The van der Waals surface area contributed by atoms with Crippen molar-refractivity contribution in [1.82, 2.24) is 9.62 Å². The lowest BCUT2D eigenvalue weighted by atomic mass is 10.1. The van der Waals surface area contributed by atoms with Crippen LogP contribution in [0.5, 0.6) is 0 Å². The van der Waals surface area contributed by atoms with Crippen LogP contribution in [-0.4, -0.2) is 40.0 Å². The first kappa shape index (κ1) is 17.4. The first-order chi connectivity index (χ1) is 10.4. The van der Waals surface area contributed by atoms with Crippen LogP contribution in [0.1, 0.15) is 5.56 Å². The van der Waals surface area contributed by atoms with Crippen LogP contribution < -0.4 is 4.72 Å². The first-order valence-corrected chi connectivity index (χ1v) is 9.51. The van der Waals surface area contributed by atoms with Gasteiger partial charge in [0.15, 0.2) is 0 Å². The van der Waals surface area contributed by atoms with E-state index in [0.717, 1.165) is 17.8 Å². The average molecular weight is 359 g/mol. The van der Waals surface area contributed by atoms with Crippen LogP contribution in [0.15, 0.2) is 46.7 Å². The largest absolute Gasteiger partial charge is 0.305 e. The topological polar surface area (TPSA) is 49.4 Å². The second-order valence-electron chi connectivity index (χ2n) is 5.22. The van der Waals surface area contributed by atoms with E-state index < -0.39 is 10.0 Å². The SMILES string of the molecule is CN(C)C(CNS(=O)(=O)c1ccc(Cl)s1)Cc1ccccc1. The molecule has 2 rings (SSSR count). The third kappa shape index (κ3) is 4.79. The molecule has 0 spiro atoms.